The van der Waals surface area contributed by atoms with Gasteiger partial charge in [-0.2, -0.15) is 0 Å². The standard InChI is InChI=1S/C12H20N4O2S.ClH/c1-3-14-10(17)7-16(4-2)12(18)9-8-19-11(15-9)5-6-13;/h8H,3-7,13H2,1-2H3,(H,14,17);1H. The molecule has 1 heterocycles. The number of hydrogen-bond donors (Lipinski definition) is 2. The molecule has 6 nitrogen and oxygen atoms in total. The van der Waals surface area contributed by atoms with E-state index in [2.05, 4.69) is 10.3 Å². The van der Waals surface area contributed by atoms with Crippen LogP contribution in [-0.4, -0.2) is 47.9 Å². The second-order valence-electron chi connectivity index (χ2n) is 3.94. The van der Waals surface area contributed by atoms with Crippen molar-refractivity contribution in [3.63, 3.8) is 0 Å². The monoisotopic (exact) mass is 320 g/mol. The smallest absolute Gasteiger partial charge is 0.273 e. The van der Waals surface area contributed by atoms with Gasteiger partial charge in [-0.25, -0.2) is 4.98 Å². The molecule has 0 unspecified atom stereocenters. The van der Waals surface area contributed by atoms with Gasteiger partial charge in [0.1, 0.15) is 5.69 Å². The van der Waals surface area contributed by atoms with Crippen LogP contribution in [0.25, 0.3) is 0 Å². The van der Waals surface area contributed by atoms with Gasteiger partial charge in [0.2, 0.25) is 5.91 Å². The van der Waals surface area contributed by atoms with Crippen LogP contribution >= 0.6 is 23.7 Å². The van der Waals surface area contributed by atoms with Crippen molar-refractivity contribution in [2.75, 3.05) is 26.2 Å². The summed E-state index contributed by atoms with van der Waals surface area (Å²) in [6.45, 7) is 5.28. The van der Waals surface area contributed by atoms with E-state index in [-0.39, 0.29) is 30.8 Å². The Kier molecular flexibility index (Phi) is 9.11. The van der Waals surface area contributed by atoms with Gasteiger partial charge in [-0.3, -0.25) is 9.59 Å². The van der Waals surface area contributed by atoms with Crippen LogP contribution in [-0.2, 0) is 11.2 Å². The van der Waals surface area contributed by atoms with Crippen LogP contribution in [0.3, 0.4) is 0 Å². The first-order valence-corrected chi connectivity index (χ1v) is 7.20. The van der Waals surface area contributed by atoms with Gasteiger partial charge >= 0.3 is 0 Å². The highest BCUT2D eigenvalue weighted by Crippen LogP contribution is 2.12. The fourth-order valence-electron chi connectivity index (χ4n) is 1.56. The minimum Gasteiger partial charge on any atom is -0.355 e. The molecule has 1 aromatic heterocycles. The van der Waals surface area contributed by atoms with Gasteiger partial charge in [0.25, 0.3) is 5.91 Å². The summed E-state index contributed by atoms with van der Waals surface area (Å²) >= 11 is 1.42. The zero-order chi connectivity index (χ0) is 14.3. The Hall–Kier alpha value is -1.18. The molecular formula is C12H21ClN4O2S. The number of likely N-dealkylation sites (N-methyl/N-ethyl adjacent to an activating group) is 2. The molecule has 1 aromatic rings. The highest BCUT2D eigenvalue weighted by atomic mass is 35.5. The highest BCUT2D eigenvalue weighted by Gasteiger charge is 2.19. The maximum absolute atomic E-state index is 12.2. The Bertz CT molecular complexity index is 439. The van der Waals surface area contributed by atoms with Gasteiger partial charge in [0, 0.05) is 24.9 Å². The molecule has 0 saturated heterocycles. The SMILES string of the molecule is CCNC(=O)CN(CC)C(=O)c1csc(CCN)n1.Cl. The van der Waals surface area contributed by atoms with E-state index < -0.39 is 0 Å². The van der Waals surface area contributed by atoms with Crippen LogP contribution in [0, 0.1) is 0 Å². The summed E-state index contributed by atoms with van der Waals surface area (Å²) in [4.78, 5) is 29.4. The third-order valence-electron chi connectivity index (χ3n) is 2.51. The normalized spacial score (nSPS) is 9.75. The Balaban J connectivity index is 0.00000361. The number of amides is 2. The number of aromatic nitrogens is 1. The van der Waals surface area contributed by atoms with Crippen molar-refractivity contribution in [1.82, 2.24) is 15.2 Å². The van der Waals surface area contributed by atoms with Crippen LogP contribution in [0.15, 0.2) is 5.38 Å². The van der Waals surface area contributed by atoms with Crippen molar-refractivity contribution in [2.45, 2.75) is 20.3 Å². The first kappa shape index (κ1) is 18.8. The molecule has 20 heavy (non-hydrogen) atoms. The van der Waals surface area contributed by atoms with E-state index in [4.69, 9.17) is 5.73 Å². The molecule has 0 bridgehead atoms. The summed E-state index contributed by atoms with van der Waals surface area (Å²) in [5.41, 5.74) is 5.84. The van der Waals surface area contributed by atoms with Crippen molar-refractivity contribution in [3.8, 4) is 0 Å². The molecule has 3 N–H and O–H groups in total. The molecule has 0 aliphatic heterocycles. The summed E-state index contributed by atoms with van der Waals surface area (Å²) in [6.07, 6.45) is 0.667. The minimum atomic E-state index is -0.215. The Morgan fingerprint density at radius 1 is 1.45 bits per heavy atom. The van der Waals surface area contributed by atoms with Crippen LogP contribution in [0.4, 0.5) is 0 Å². The molecule has 1 rings (SSSR count). The molecule has 114 valence electrons. The first-order chi connectivity index (χ1) is 9.12. The molecule has 8 heteroatoms. The predicted octanol–water partition coefficient (Wildman–Crippen LogP) is 0.664. The predicted molar refractivity (Wildman–Crippen MR) is 82.4 cm³/mol. The molecule has 0 spiro atoms. The number of thiazole rings is 1. The van der Waals surface area contributed by atoms with Crippen molar-refractivity contribution < 1.29 is 9.59 Å². The Labute approximate surface area is 129 Å². The lowest BCUT2D eigenvalue weighted by Gasteiger charge is -2.18. The lowest BCUT2D eigenvalue weighted by Crippen LogP contribution is -2.40. The number of halogens is 1. The van der Waals surface area contributed by atoms with Gasteiger partial charge in [-0.1, -0.05) is 0 Å². The highest BCUT2D eigenvalue weighted by molar-refractivity contribution is 7.09. The van der Waals surface area contributed by atoms with E-state index in [0.29, 0.717) is 31.7 Å². The molecule has 2 amide bonds. The quantitative estimate of drug-likeness (QED) is 0.772. The maximum atomic E-state index is 12.2. The van der Waals surface area contributed by atoms with E-state index in [0.717, 1.165) is 5.01 Å². The number of nitrogens with zero attached hydrogens (tertiary/aromatic N) is 2. The molecule has 0 aliphatic carbocycles. The van der Waals surface area contributed by atoms with Crippen LogP contribution in [0.1, 0.15) is 29.3 Å². The molecule has 0 atom stereocenters. The Morgan fingerprint density at radius 3 is 2.70 bits per heavy atom. The summed E-state index contributed by atoms with van der Waals surface area (Å²) in [5.74, 6) is -0.372. The van der Waals surface area contributed by atoms with Gasteiger partial charge in [0.15, 0.2) is 0 Å². The number of nitrogens with one attached hydrogen (secondary N) is 1. The van der Waals surface area contributed by atoms with Crippen LogP contribution in [0.5, 0.6) is 0 Å². The van der Waals surface area contributed by atoms with Gasteiger partial charge in [-0.05, 0) is 20.4 Å². The molecular weight excluding hydrogens is 300 g/mol. The fraction of sp³-hybridized carbons (Fsp3) is 0.583. The number of nitrogens with two attached hydrogens (primary N) is 1. The maximum Gasteiger partial charge on any atom is 0.273 e. The van der Waals surface area contributed by atoms with E-state index in [1.807, 2.05) is 13.8 Å². The third-order valence-corrected chi connectivity index (χ3v) is 3.42. The molecule has 0 aliphatic rings. The van der Waals surface area contributed by atoms with Gasteiger partial charge < -0.3 is 16.0 Å². The fourth-order valence-corrected chi connectivity index (χ4v) is 2.35. The number of rotatable bonds is 7. The lowest BCUT2D eigenvalue weighted by atomic mass is 10.3. The summed E-state index contributed by atoms with van der Waals surface area (Å²) in [7, 11) is 0. The topological polar surface area (TPSA) is 88.3 Å². The van der Waals surface area contributed by atoms with Gasteiger partial charge in [-0.15, -0.1) is 23.7 Å². The van der Waals surface area contributed by atoms with E-state index in [9.17, 15) is 9.59 Å². The van der Waals surface area contributed by atoms with Crippen molar-refractivity contribution in [3.05, 3.63) is 16.1 Å². The number of carbonyl (C=O) groups is 2. The average molecular weight is 321 g/mol. The summed E-state index contributed by atoms with van der Waals surface area (Å²) in [5, 5.41) is 5.24. The first-order valence-electron chi connectivity index (χ1n) is 6.32. The minimum absolute atomic E-state index is 0. The zero-order valence-electron chi connectivity index (χ0n) is 11.7. The Morgan fingerprint density at radius 2 is 2.15 bits per heavy atom. The van der Waals surface area contributed by atoms with Gasteiger partial charge in [0.05, 0.1) is 11.6 Å². The summed E-state index contributed by atoms with van der Waals surface area (Å²) < 4.78 is 0. The zero-order valence-corrected chi connectivity index (χ0v) is 13.4. The number of carbonyl (C=O) groups excluding carboxylic acids is 2. The molecule has 0 aromatic carbocycles. The second kappa shape index (κ2) is 9.68. The van der Waals surface area contributed by atoms with E-state index >= 15 is 0 Å². The van der Waals surface area contributed by atoms with E-state index in [1.165, 1.54) is 16.2 Å². The molecule has 0 fully saturated rings. The van der Waals surface area contributed by atoms with Crippen LogP contribution < -0.4 is 11.1 Å². The largest absolute Gasteiger partial charge is 0.355 e. The van der Waals surface area contributed by atoms with Crippen molar-refractivity contribution in [2.24, 2.45) is 5.73 Å². The van der Waals surface area contributed by atoms with Crippen molar-refractivity contribution in [1.29, 1.82) is 0 Å². The second-order valence-corrected chi connectivity index (χ2v) is 4.88. The number of hydrogen-bond acceptors (Lipinski definition) is 5. The van der Waals surface area contributed by atoms with E-state index in [1.54, 1.807) is 5.38 Å². The average Bonchev–Trinajstić information content (AvgIpc) is 2.84. The third kappa shape index (κ3) is 5.44. The molecule has 0 radical (unpaired) electrons. The van der Waals surface area contributed by atoms with Crippen molar-refractivity contribution >= 4 is 35.6 Å². The summed E-state index contributed by atoms with van der Waals surface area (Å²) in [6, 6.07) is 0. The molecule has 0 saturated carbocycles. The lowest BCUT2D eigenvalue weighted by molar-refractivity contribution is -0.121. The van der Waals surface area contributed by atoms with Crippen LogP contribution in [0.2, 0.25) is 0 Å².